The Kier molecular flexibility index (Phi) is 8.04. The largest absolute Gasteiger partial charge is 0.472 e. The normalized spacial score (nSPS) is 34.0. The Bertz CT molecular complexity index is 391. The van der Waals surface area contributed by atoms with Crippen LogP contribution in [0.5, 0.6) is 0 Å². The van der Waals surface area contributed by atoms with Gasteiger partial charge in [0.15, 0.2) is 6.29 Å². The van der Waals surface area contributed by atoms with Gasteiger partial charge in [0.05, 0.1) is 6.61 Å². The third kappa shape index (κ3) is 8.90. The molecule has 1 aliphatic heterocycles. The molecule has 0 amide bonds. The summed E-state index contributed by atoms with van der Waals surface area (Å²) in [4.78, 5) is 38.5. The van der Waals surface area contributed by atoms with Crippen LogP contribution >= 0.6 is 15.6 Å². The molecular weight excluding hydrogens is 342 g/mol. The van der Waals surface area contributed by atoms with Gasteiger partial charge < -0.3 is 49.6 Å². The summed E-state index contributed by atoms with van der Waals surface area (Å²) < 4.78 is 28.1. The summed E-state index contributed by atoms with van der Waals surface area (Å²) in [7, 11) is -9.55. The third-order valence-corrected chi connectivity index (χ3v) is 2.57. The zero-order valence-electron chi connectivity index (χ0n) is 10.1. The number of aliphatic hydroxyl groups is 4. The van der Waals surface area contributed by atoms with Crippen LogP contribution in [0, 0.1) is 0 Å². The Hall–Kier alpha value is 0.0200. The van der Waals surface area contributed by atoms with Crippen molar-refractivity contribution in [2.75, 3.05) is 6.61 Å². The average molecular weight is 358 g/mol. The van der Waals surface area contributed by atoms with Gasteiger partial charge in [-0.3, -0.25) is 4.52 Å². The summed E-state index contributed by atoms with van der Waals surface area (Å²) in [5, 5.41) is 36.6. The Labute approximate surface area is 117 Å². The molecule has 5 atom stereocenters. The maximum Gasteiger partial charge on any atom is 0.472 e. The molecule has 0 bridgehead atoms. The van der Waals surface area contributed by atoms with E-state index in [2.05, 4.69) is 9.26 Å². The first-order valence-electron chi connectivity index (χ1n) is 5.09. The van der Waals surface area contributed by atoms with Crippen LogP contribution in [0.2, 0.25) is 0 Å². The van der Waals surface area contributed by atoms with Crippen LogP contribution in [0.4, 0.5) is 0 Å². The van der Waals surface area contributed by atoms with E-state index in [0.29, 0.717) is 0 Å². The van der Waals surface area contributed by atoms with Crippen LogP contribution in [0.25, 0.3) is 0 Å². The predicted octanol–water partition coefficient (Wildman–Crippen LogP) is -4.03. The van der Waals surface area contributed by atoms with Crippen LogP contribution in [0.1, 0.15) is 0 Å². The van der Waals surface area contributed by atoms with Gasteiger partial charge in [-0.05, 0) is 0 Å². The first-order chi connectivity index (χ1) is 9.26. The molecule has 1 aliphatic rings. The lowest BCUT2D eigenvalue weighted by Gasteiger charge is -2.39. The maximum absolute atomic E-state index is 10.5. The van der Waals surface area contributed by atoms with Crippen LogP contribution in [0.15, 0.2) is 0 Å². The topological polar surface area (TPSA) is 235 Å². The zero-order chi connectivity index (χ0) is 17.0. The highest BCUT2D eigenvalue weighted by atomic mass is 31.2. The molecule has 0 aromatic rings. The van der Waals surface area contributed by atoms with Crippen molar-refractivity contribution in [1.82, 2.24) is 0 Å². The Balaban J connectivity index is 0.000000690. The number of hydrogen-bond acceptors (Lipinski definition) is 8. The van der Waals surface area contributed by atoms with E-state index in [-0.39, 0.29) is 0 Å². The average Bonchev–Trinajstić information content (AvgIpc) is 2.26. The standard InChI is InChI=1S/C6H13O9P.H3O4P/c7-1-2-3(8)4(9)5(10)6(14-2)15-16(11,12)13;1-5(2,3)4/h2-10H,1H2,(H2,11,12,13);(H3,1,2,3,4)/t2-,3-,4+,5-,6-;/m1./s1. The fourth-order valence-electron chi connectivity index (χ4n) is 1.29. The highest BCUT2D eigenvalue weighted by Gasteiger charge is 2.46. The lowest BCUT2D eigenvalue weighted by atomic mass is 10.00. The van der Waals surface area contributed by atoms with Gasteiger partial charge in [-0.1, -0.05) is 0 Å². The number of phosphoric ester groups is 1. The first kappa shape index (κ1) is 21.0. The zero-order valence-corrected chi connectivity index (χ0v) is 11.9. The van der Waals surface area contributed by atoms with Crippen molar-refractivity contribution in [2.24, 2.45) is 0 Å². The SMILES string of the molecule is O=P(O)(O)O.O=P(O)(O)O[C@H]1O[C@H](CO)[C@@H](O)[C@H](O)[C@H]1O. The predicted molar refractivity (Wildman–Crippen MR) is 61.2 cm³/mol. The Morgan fingerprint density at radius 1 is 0.905 bits per heavy atom. The molecule has 21 heavy (non-hydrogen) atoms. The third-order valence-electron chi connectivity index (χ3n) is 2.09. The molecule has 13 nitrogen and oxygen atoms in total. The van der Waals surface area contributed by atoms with Gasteiger partial charge in [-0.15, -0.1) is 0 Å². The first-order valence-corrected chi connectivity index (χ1v) is 8.18. The van der Waals surface area contributed by atoms with E-state index >= 15 is 0 Å². The van der Waals surface area contributed by atoms with Crippen molar-refractivity contribution in [3.63, 3.8) is 0 Å². The summed E-state index contributed by atoms with van der Waals surface area (Å²) in [5.74, 6) is 0. The van der Waals surface area contributed by atoms with Gasteiger partial charge >= 0.3 is 15.6 Å². The quantitative estimate of drug-likeness (QED) is 0.219. The lowest BCUT2D eigenvalue weighted by Crippen LogP contribution is -2.58. The van der Waals surface area contributed by atoms with Crippen molar-refractivity contribution in [1.29, 1.82) is 0 Å². The van der Waals surface area contributed by atoms with Gasteiger partial charge in [-0.25, -0.2) is 9.13 Å². The van der Waals surface area contributed by atoms with Crippen LogP contribution in [-0.2, 0) is 18.4 Å². The minimum absolute atomic E-state index is 0.702. The number of aliphatic hydroxyl groups excluding tert-OH is 4. The maximum atomic E-state index is 10.5. The molecule has 0 unspecified atom stereocenters. The van der Waals surface area contributed by atoms with Crippen LogP contribution in [0.3, 0.4) is 0 Å². The van der Waals surface area contributed by atoms with E-state index in [1.54, 1.807) is 0 Å². The number of hydrogen-bond donors (Lipinski definition) is 9. The van der Waals surface area contributed by atoms with Crippen LogP contribution in [-0.4, -0.2) is 82.2 Å². The van der Waals surface area contributed by atoms with E-state index in [1.807, 2.05) is 0 Å². The molecule has 15 heteroatoms. The second kappa shape index (κ2) is 8.04. The number of phosphoric acid groups is 2. The molecule has 0 radical (unpaired) electrons. The van der Waals surface area contributed by atoms with Crippen LogP contribution < -0.4 is 0 Å². The van der Waals surface area contributed by atoms with Gasteiger partial charge in [0.2, 0.25) is 0 Å². The number of ether oxygens (including phenoxy) is 1. The van der Waals surface area contributed by atoms with E-state index < -0.39 is 53.0 Å². The molecule has 0 spiro atoms. The summed E-state index contributed by atoms with van der Waals surface area (Å²) in [6.07, 6.45) is -8.25. The molecular formula is C6H16O13P2. The van der Waals surface area contributed by atoms with E-state index in [0.717, 1.165) is 0 Å². The van der Waals surface area contributed by atoms with Gasteiger partial charge in [0.25, 0.3) is 0 Å². The van der Waals surface area contributed by atoms with Crippen molar-refractivity contribution in [2.45, 2.75) is 30.7 Å². The van der Waals surface area contributed by atoms with E-state index in [9.17, 15) is 19.9 Å². The fraction of sp³-hybridized carbons (Fsp3) is 1.00. The molecule has 1 fully saturated rings. The molecule has 0 aromatic carbocycles. The summed E-state index contributed by atoms with van der Waals surface area (Å²) in [6.45, 7) is -0.702. The molecule has 9 N–H and O–H groups in total. The lowest BCUT2D eigenvalue weighted by molar-refractivity contribution is -0.280. The summed E-state index contributed by atoms with van der Waals surface area (Å²) in [6, 6.07) is 0. The van der Waals surface area contributed by atoms with Gasteiger partial charge in [0, 0.05) is 0 Å². The summed E-state index contributed by atoms with van der Waals surface area (Å²) >= 11 is 0. The second-order valence-corrected chi connectivity index (χ2v) is 6.03. The van der Waals surface area contributed by atoms with Gasteiger partial charge in [-0.2, -0.15) is 0 Å². The smallest absolute Gasteiger partial charge is 0.394 e. The Morgan fingerprint density at radius 2 is 1.33 bits per heavy atom. The van der Waals surface area contributed by atoms with Crippen molar-refractivity contribution in [3.8, 4) is 0 Å². The molecule has 1 saturated heterocycles. The summed E-state index contributed by atoms with van der Waals surface area (Å²) in [5.41, 5.74) is 0. The van der Waals surface area contributed by atoms with E-state index in [1.165, 1.54) is 0 Å². The Morgan fingerprint density at radius 3 is 1.67 bits per heavy atom. The van der Waals surface area contributed by atoms with Crippen molar-refractivity contribution < 1.29 is 63.3 Å². The highest BCUT2D eigenvalue weighted by Crippen LogP contribution is 2.40. The molecule has 1 rings (SSSR count). The molecule has 0 saturated carbocycles. The number of rotatable bonds is 3. The van der Waals surface area contributed by atoms with Gasteiger partial charge in [0.1, 0.15) is 24.4 Å². The second-order valence-electron chi connectivity index (χ2n) is 3.81. The molecule has 128 valence electrons. The minimum atomic E-state index is -4.91. The van der Waals surface area contributed by atoms with Crippen molar-refractivity contribution in [3.05, 3.63) is 0 Å². The fourth-order valence-corrected chi connectivity index (χ4v) is 1.73. The monoisotopic (exact) mass is 358 g/mol. The molecule has 1 heterocycles. The van der Waals surface area contributed by atoms with Crippen molar-refractivity contribution >= 4 is 15.6 Å². The minimum Gasteiger partial charge on any atom is -0.394 e. The van der Waals surface area contributed by atoms with E-state index in [4.69, 9.17) is 34.1 Å². The molecule has 0 aromatic heterocycles. The molecule has 0 aliphatic carbocycles. The highest BCUT2D eigenvalue weighted by molar-refractivity contribution is 7.46.